The minimum atomic E-state index is -5.03. The van der Waals surface area contributed by atoms with E-state index >= 15 is 0 Å². The lowest BCUT2D eigenvalue weighted by molar-refractivity contribution is -0.441. The number of allylic oxidation sites excluding steroid dienone is 4. The highest BCUT2D eigenvalue weighted by Gasteiger charge is 2.49. The molecule has 0 spiro atoms. The summed E-state index contributed by atoms with van der Waals surface area (Å²) >= 11 is 0. The van der Waals surface area contributed by atoms with Crippen molar-refractivity contribution in [1.29, 1.82) is 0 Å². The van der Waals surface area contributed by atoms with Crippen molar-refractivity contribution in [1.82, 2.24) is 0 Å². The van der Waals surface area contributed by atoms with Crippen molar-refractivity contribution in [2.45, 2.75) is 105 Å². The molecule has 0 bridgehead atoms. The summed E-state index contributed by atoms with van der Waals surface area (Å²) in [5.74, 6) is -2.53. The monoisotopic (exact) mass is 1010 g/mol. The predicted molar refractivity (Wildman–Crippen MR) is 241 cm³/mol. The Hall–Kier alpha value is -4.11. The summed E-state index contributed by atoms with van der Waals surface area (Å²) in [4.78, 5) is 11.1. The molecule has 0 saturated carbocycles. The summed E-state index contributed by atoms with van der Waals surface area (Å²) in [6, 6.07) is 8.72. The summed E-state index contributed by atoms with van der Waals surface area (Å²) < 4.78 is 173. The van der Waals surface area contributed by atoms with E-state index in [1.165, 1.54) is 24.3 Å². The van der Waals surface area contributed by atoms with Gasteiger partial charge >= 0.3 is 5.97 Å². The number of aliphatic carboxylic acids is 1. The standard InChI is InChI=1S/C41H52N2O17S5/c1-27(39-40(2,3)38-31-24-29(64(55,56)57)26-35(65(58,59)60)30(31)16-18-34(38)43(39)21-11-23-62(49,50)51)12-7-8-13-36-41(4,19-9-5-6-14-37(44)45)32-25-28(63(52,53)54)15-17-33(32)42(36)20-10-22-61(46,47)48/h7-8,13,15-18,24-27H,5-6,9-12,14,19-23H2,1-4H3,(H5-,44,45,46,47,48,49,50,51,52,53,54,55,56,57,58,59,60)/p+1/b8-7+,36-13-. The SMILES string of the molecule is CC(C/C=C/C=C1\N(CCCS(=O)(=O)O)c2ccc(S(=O)(=O)O)cc2C1(C)CCCCCC(=O)O)C1=[N+](CCCS(=O)(=O)O)c2ccc3c(S(=O)(=O)O)cc(S(=O)(=O)O)cc3c2C1(C)C. The van der Waals surface area contributed by atoms with E-state index in [2.05, 4.69) is 0 Å². The minimum Gasteiger partial charge on any atom is -0.481 e. The molecular formula is C41H53N2O17S5+. The Labute approximate surface area is 379 Å². The van der Waals surface area contributed by atoms with Gasteiger partial charge in [-0.15, -0.1) is 0 Å². The van der Waals surface area contributed by atoms with Gasteiger partial charge in [-0.05, 0) is 99.9 Å². The summed E-state index contributed by atoms with van der Waals surface area (Å²) in [6.45, 7) is 7.41. The fourth-order valence-electron chi connectivity index (χ4n) is 9.32. The van der Waals surface area contributed by atoms with Gasteiger partial charge in [0.05, 0.1) is 26.7 Å². The fraction of sp³-hybridized carbons (Fsp3) is 0.463. The number of hydrogen-bond acceptors (Lipinski definition) is 12. The Bertz CT molecular complexity index is 3070. The number of nitrogens with zero attached hydrogens (tertiary/aromatic N) is 2. The maximum Gasteiger partial charge on any atom is 0.303 e. The third kappa shape index (κ3) is 11.9. The summed E-state index contributed by atoms with van der Waals surface area (Å²) in [5, 5.41) is 9.20. The molecule has 65 heavy (non-hydrogen) atoms. The molecule has 3 aromatic rings. The van der Waals surface area contributed by atoms with Gasteiger partial charge in [-0.25, -0.2) is 0 Å². The minimum absolute atomic E-state index is 0.0291. The Balaban J connectivity index is 1.61. The van der Waals surface area contributed by atoms with Crippen molar-refractivity contribution in [2.75, 3.05) is 29.5 Å². The highest BCUT2D eigenvalue weighted by Crippen LogP contribution is 2.52. The molecule has 19 nitrogen and oxygen atoms in total. The first-order valence-corrected chi connectivity index (χ1v) is 27.9. The lowest BCUT2D eigenvalue weighted by Gasteiger charge is -2.30. The van der Waals surface area contributed by atoms with E-state index in [1.807, 2.05) is 24.5 Å². The highest BCUT2D eigenvalue weighted by molar-refractivity contribution is 7.87. The normalized spacial score (nSPS) is 19.1. The van der Waals surface area contributed by atoms with Crippen LogP contribution in [0.15, 0.2) is 81.1 Å². The fourth-order valence-corrected chi connectivity index (χ4v) is 12.2. The Morgan fingerprint density at radius 3 is 1.95 bits per heavy atom. The van der Waals surface area contributed by atoms with Crippen LogP contribution in [-0.4, -0.2) is 111 Å². The first kappa shape index (κ1) is 51.9. The molecule has 24 heteroatoms. The van der Waals surface area contributed by atoms with Crippen LogP contribution in [0.1, 0.15) is 90.2 Å². The summed E-state index contributed by atoms with van der Waals surface area (Å²) in [7, 11) is -23.4. The zero-order chi connectivity index (χ0) is 48.7. The van der Waals surface area contributed by atoms with Crippen LogP contribution >= 0.6 is 0 Å². The van der Waals surface area contributed by atoms with Gasteiger partial charge in [0, 0.05) is 59.1 Å². The van der Waals surface area contributed by atoms with E-state index in [1.54, 1.807) is 37.0 Å². The molecule has 358 valence electrons. The van der Waals surface area contributed by atoms with Crippen LogP contribution in [0, 0.1) is 5.92 Å². The van der Waals surface area contributed by atoms with Gasteiger partial charge in [-0.1, -0.05) is 31.9 Å². The molecule has 3 aromatic carbocycles. The molecule has 0 aliphatic carbocycles. The van der Waals surface area contributed by atoms with Gasteiger partial charge in [0.2, 0.25) is 5.69 Å². The number of hydrogen-bond donors (Lipinski definition) is 6. The first-order valence-electron chi connectivity index (χ1n) is 20.4. The molecule has 0 amide bonds. The van der Waals surface area contributed by atoms with E-state index in [0.717, 1.165) is 6.07 Å². The number of benzene rings is 3. The van der Waals surface area contributed by atoms with Crippen molar-refractivity contribution in [3.8, 4) is 0 Å². The molecular weight excluding hydrogens is 953 g/mol. The van der Waals surface area contributed by atoms with Gasteiger partial charge < -0.3 is 10.0 Å². The zero-order valence-corrected chi connectivity index (χ0v) is 40.0. The zero-order valence-electron chi connectivity index (χ0n) is 35.9. The Morgan fingerprint density at radius 1 is 0.738 bits per heavy atom. The molecule has 0 saturated heterocycles. The molecule has 2 unspecified atom stereocenters. The van der Waals surface area contributed by atoms with E-state index in [-0.39, 0.29) is 48.0 Å². The Morgan fingerprint density at radius 2 is 1.37 bits per heavy atom. The maximum absolute atomic E-state index is 12.6. The van der Waals surface area contributed by atoms with Crippen LogP contribution in [0.2, 0.25) is 0 Å². The molecule has 0 fully saturated rings. The molecule has 6 N–H and O–H groups in total. The van der Waals surface area contributed by atoms with Crippen LogP contribution in [0.4, 0.5) is 11.4 Å². The average molecular weight is 1010 g/mol. The highest BCUT2D eigenvalue weighted by atomic mass is 32.2. The third-order valence-corrected chi connectivity index (χ3v) is 16.1. The maximum atomic E-state index is 12.6. The van der Waals surface area contributed by atoms with Crippen molar-refractivity contribution in [2.24, 2.45) is 5.92 Å². The quantitative estimate of drug-likeness (QED) is 0.0418. The van der Waals surface area contributed by atoms with Crippen molar-refractivity contribution >= 4 is 84.4 Å². The van der Waals surface area contributed by atoms with E-state index in [4.69, 9.17) is 0 Å². The molecule has 2 atom stereocenters. The molecule has 2 heterocycles. The molecule has 5 rings (SSSR count). The number of unbranched alkanes of at least 4 members (excludes halogenated alkanes) is 2. The van der Waals surface area contributed by atoms with Crippen LogP contribution in [0.5, 0.6) is 0 Å². The second-order valence-corrected chi connectivity index (χ2v) is 24.5. The lowest BCUT2D eigenvalue weighted by Crippen LogP contribution is -2.35. The number of carboxylic acids is 1. The number of fused-ring (bicyclic) bond motifs is 4. The topological polar surface area (TPSA) is 315 Å². The van der Waals surface area contributed by atoms with Gasteiger partial charge in [0.15, 0.2) is 5.71 Å². The van der Waals surface area contributed by atoms with Gasteiger partial charge in [0.25, 0.3) is 50.6 Å². The van der Waals surface area contributed by atoms with Gasteiger partial charge in [-0.2, -0.15) is 46.7 Å². The van der Waals surface area contributed by atoms with Crippen LogP contribution in [0.25, 0.3) is 10.8 Å². The number of rotatable bonds is 21. The smallest absolute Gasteiger partial charge is 0.303 e. The first-order chi connectivity index (χ1) is 29.8. The predicted octanol–water partition coefficient (Wildman–Crippen LogP) is 5.79. The molecule has 2 aliphatic rings. The molecule has 0 radical (unpaired) electrons. The van der Waals surface area contributed by atoms with E-state index in [9.17, 15) is 74.8 Å². The van der Waals surface area contributed by atoms with Gasteiger partial charge in [0.1, 0.15) is 11.4 Å². The van der Waals surface area contributed by atoms with Crippen molar-refractivity contribution in [3.63, 3.8) is 0 Å². The third-order valence-electron chi connectivity index (χ3n) is 12.0. The van der Waals surface area contributed by atoms with Crippen molar-refractivity contribution in [3.05, 3.63) is 77.5 Å². The van der Waals surface area contributed by atoms with Crippen molar-refractivity contribution < 1.29 is 79.3 Å². The summed E-state index contributed by atoms with van der Waals surface area (Å²) in [6.07, 6.45) is 7.26. The Kier molecular flexibility index (Phi) is 15.1. The van der Waals surface area contributed by atoms with Crippen LogP contribution in [0.3, 0.4) is 0 Å². The number of carbonyl (C=O) groups is 1. The molecule has 2 aliphatic heterocycles. The average Bonchev–Trinajstić information content (AvgIpc) is 3.53. The van der Waals surface area contributed by atoms with Gasteiger partial charge in [-0.3, -0.25) is 27.6 Å². The van der Waals surface area contributed by atoms with E-state index < -0.39 is 94.6 Å². The van der Waals surface area contributed by atoms with Crippen LogP contribution in [-0.2, 0) is 66.2 Å². The van der Waals surface area contributed by atoms with E-state index in [0.29, 0.717) is 72.1 Å². The number of carboxylic acid groups (broad SMARTS) is 1. The lowest BCUT2D eigenvalue weighted by atomic mass is 9.74. The second kappa shape index (κ2) is 18.9. The summed E-state index contributed by atoms with van der Waals surface area (Å²) in [5.41, 5.74) is 1.19. The second-order valence-electron chi connectivity index (χ2n) is 17.1. The van der Waals surface area contributed by atoms with Crippen LogP contribution < -0.4 is 4.90 Å². The number of anilines is 1. The largest absolute Gasteiger partial charge is 0.481 e. The molecule has 0 aromatic heterocycles.